The van der Waals surface area contributed by atoms with Crippen molar-refractivity contribution in [3.63, 3.8) is 0 Å². The summed E-state index contributed by atoms with van der Waals surface area (Å²) in [6.07, 6.45) is 0.342. The summed E-state index contributed by atoms with van der Waals surface area (Å²) < 4.78 is 10.5. The van der Waals surface area contributed by atoms with Crippen LogP contribution < -0.4 is 15.0 Å². The number of nitrogens with zero attached hydrogens (tertiary/aromatic N) is 2. The maximum Gasteiger partial charge on any atom is 0.338 e. The second-order valence-corrected chi connectivity index (χ2v) is 10.3. The fraction of sp³-hybridized carbons (Fsp3) is 0.267. The predicted octanol–water partition coefficient (Wildman–Crippen LogP) is 6.14. The van der Waals surface area contributed by atoms with Crippen LogP contribution in [0.1, 0.15) is 36.2 Å². The molecule has 1 fully saturated rings. The fourth-order valence-corrected chi connectivity index (χ4v) is 5.36. The van der Waals surface area contributed by atoms with Crippen LogP contribution in [0.3, 0.4) is 0 Å². The van der Waals surface area contributed by atoms with Gasteiger partial charge in [0.05, 0.1) is 30.9 Å². The Hall–Kier alpha value is -3.66. The zero-order chi connectivity index (χ0) is 29.5. The van der Waals surface area contributed by atoms with Gasteiger partial charge in [-0.25, -0.2) is 4.79 Å². The van der Waals surface area contributed by atoms with E-state index >= 15 is 0 Å². The summed E-state index contributed by atoms with van der Waals surface area (Å²) in [5.41, 5.74) is 2.28. The molecule has 1 atom stereocenters. The Morgan fingerprint density at radius 3 is 2.32 bits per heavy atom. The topological polar surface area (TPSA) is 88.2 Å². The molecular formula is C30H29Cl2N3O5S. The molecule has 11 heteroatoms. The number of carbonyl (C=O) groups is 3. The molecule has 41 heavy (non-hydrogen) atoms. The minimum atomic E-state index is -0.834. The van der Waals surface area contributed by atoms with E-state index < -0.39 is 12.0 Å². The number of ether oxygens (including phenoxy) is 2. The van der Waals surface area contributed by atoms with Crippen LogP contribution in [0.5, 0.6) is 5.75 Å². The highest BCUT2D eigenvalue weighted by Crippen LogP contribution is 2.30. The zero-order valence-corrected chi connectivity index (χ0v) is 24.9. The second kappa shape index (κ2) is 13.8. The smallest absolute Gasteiger partial charge is 0.338 e. The maximum atomic E-state index is 13.7. The van der Waals surface area contributed by atoms with Gasteiger partial charge in [-0.2, -0.15) is 0 Å². The molecule has 0 unspecified atom stereocenters. The van der Waals surface area contributed by atoms with E-state index in [1.165, 1.54) is 4.90 Å². The number of thiocarbonyl (C=S) groups is 1. The van der Waals surface area contributed by atoms with Gasteiger partial charge in [0.1, 0.15) is 11.8 Å². The first-order chi connectivity index (χ1) is 19.7. The number of esters is 1. The lowest BCUT2D eigenvalue weighted by Crippen LogP contribution is -2.39. The van der Waals surface area contributed by atoms with Gasteiger partial charge in [-0.1, -0.05) is 29.3 Å². The van der Waals surface area contributed by atoms with Crippen LogP contribution in [0.15, 0.2) is 66.7 Å². The highest BCUT2D eigenvalue weighted by Gasteiger charge is 2.44. The molecule has 3 aromatic carbocycles. The van der Waals surface area contributed by atoms with Gasteiger partial charge < -0.3 is 19.7 Å². The largest absolute Gasteiger partial charge is 0.494 e. The quantitative estimate of drug-likeness (QED) is 0.205. The van der Waals surface area contributed by atoms with E-state index in [0.29, 0.717) is 57.4 Å². The molecule has 0 aromatic heterocycles. The second-order valence-electron chi connectivity index (χ2n) is 9.13. The van der Waals surface area contributed by atoms with E-state index in [1.807, 2.05) is 13.0 Å². The molecule has 0 saturated carbocycles. The molecule has 1 aliphatic heterocycles. The van der Waals surface area contributed by atoms with Gasteiger partial charge in [0.2, 0.25) is 5.91 Å². The average molecular weight is 615 g/mol. The van der Waals surface area contributed by atoms with Gasteiger partial charge in [0.25, 0.3) is 5.91 Å². The summed E-state index contributed by atoms with van der Waals surface area (Å²) in [6, 6.07) is 17.8. The van der Waals surface area contributed by atoms with Crippen molar-refractivity contribution < 1.29 is 23.9 Å². The number of benzene rings is 3. The first-order valence-electron chi connectivity index (χ1n) is 13.1. The molecule has 2 amide bonds. The molecule has 3 aromatic rings. The Bertz CT molecular complexity index is 1430. The van der Waals surface area contributed by atoms with Crippen LogP contribution in [0, 0.1) is 0 Å². The number of carbonyl (C=O) groups excluding carboxylic acids is 3. The van der Waals surface area contributed by atoms with Crippen LogP contribution in [-0.4, -0.2) is 53.6 Å². The molecule has 4 rings (SSSR count). The van der Waals surface area contributed by atoms with Crippen molar-refractivity contribution in [3.8, 4) is 5.75 Å². The van der Waals surface area contributed by atoms with Gasteiger partial charge in [0, 0.05) is 22.3 Å². The minimum absolute atomic E-state index is 0.138. The van der Waals surface area contributed by atoms with Gasteiger partial charge in [-0.3, -0.25) is 14.5 Å². The number of anilines is 2. The molecule has 1 N–H and O–H groups in total. The van der Waals surface area contributed by atoms with Gasteiger partial charge >= 0.3 is 5.97 Å². The first-order valence-corrected chi connectivity index (χ1v) is 14.3. The van der Waals surface area contributed by atoms with Crippen molar-refractivity contribution in [2.75, 3.05) is 30.0 Å². The molecule has 1 saturated heterocycles. The molecule has 214 valence electrons. The number of halogens is 2. The number of amides is 2. The van der Waals surface area contributed by atoms with Gasteiger partial charge in [-0.05, 0) is 98.7 Å². The van der Waals surface area contributed by atoms with Gasteiger partial charge in [0.15, 0.2) is 5.11 Å². The van der Waals surface area contributed by atoms with Crippen LogP contribution >= 0.6 is 35.4 Å². The molecule has 0 bridgehead atoms. The number of nitrogens with one attached hydrogen (secondary N) is 1. The van der Waals surface area contributed by atoms with Crippen LogP contribution in [-0.2, 0) is 20.7 Å². The highest BCUT2D eigenvalue weighted by molar-refractivity contribution is 7.80. The predicted molar refractivity (Wildman–Crippen MR) is 164 cm³/mol. The van der Waals surface area contributed by atoms with Crippen molar-refractivity contribution in [2.45, 2.75) is 32.7 Å². The third-order valence-corrected chi connectivity index (χ3v) is 7.42. The molecule has 0 spiro atoms. The number of hydrogen-bond acceptors (Lipinski definition) is 6. The zero-order valence-electron chi connectivity index (χ0n) is 22.6. The van der Waals surface area contributed by atoms with Crippen molar-refractivity contribution in [2.24, 2.45) is 0 Å². The van der Waals surface area contributed by atoms with E-state index in [9.17, 15) is 14.4 Å². The van der Waals surface area contributed by atoms with Crippen molar-refractivity contribution in [3.05, 3.63) is 87.9 Å². The van der Waals surface area contributed by atoms with Crippen molar-refractivity contribution in [1.29, 1.82) is 0 Å². The Morgan fingerprint density at radius 2 is 1.68 bits per heavy atom. The van der Waals surface area contributed by atoms with E-state index in [4.69, 9.17) is 44.9 Å². The summed E-state index contributed by atoms with van der Waals surface area (Å²) in [5.74, 6) is -0.457. The lowest BCUT2D eigenvalue weighted by Gasteiger charge is -2.24. The number of rotatable bonds is 11. The van der Waals surface area contributed by atoms with Crippen molar-refractivity contribution in [1.82, 2.24) is 4.90 Å². The molecule has 0 radical (unpaired) electrons. The Morgan fingerprint density at radius 1 is 0.976 bits per heavy atom. The molecular weight excluding hydrogens is 585 g/mol. The molecule has 1 heterocycles. The van der Waals surface area contributed by atoms with Crippen LogP contribution in [0.2, 0.25) is 10.0 Å². The van der Waals surface area contributed by atoms with E-state index in [-0.39, 0.29) is 24.8 Å². The lowest BCUT2D eigenvalue weighted by molar-refractivity contribution is -0.124. The normalized spacial score (nSPS) is 14.8. The molecule has 0 aliphatic carbocycles. The third-order valence-electron chi connectivity index (χ3n) is 6.42. The Kier molecular flexibility index (Phi) is 10.2. The summed E-state index contributed by atoms with van der Waals surface area (Å²) in [5, 5.41) is 4.13. The van der Waals surface area contributed by atoms with Crippen molar-refractivity contribution >= 4 is 69.7 Å². The molecule has 8 nitrogen and oxygen atoms in total. The standard InChI is InChI=1S/C30H29Cl2N3O5S/c1-3-39-24-13-11-23(12-14-24)35-28(37)26(34(30(35)41)16-15-19-5-8-21(31)17-25(19)32)18-27(36)33-22-9-6-20(7-10-22)29(38)40-4-2/h5-14,17,26H,3-4,15-16,18H2,1-2H3,(H,33,36)/t26-/m0/s1. The Labute approximate surface area is 254 Å². The Balaban J connectivity index is 1.53. The van der Waals surface area contributed by atoms with Crippen LogP contribution in [0.4, 0.5) is 11.4 Å². The van der Waals surface area contributed by atoms with Crippen LogP contribution in [0.25, 0.3) is 0 Å². The summed E-state index contributed by atoms with van der Waals surface area (Å²) in [6.45, 7) is 4.76. The summed E-state index contributed by atoms with van der Waals surface area (Å²) in [7, 11) is 0. The summed E-state index contributed by atoms with van der Waals surface area (Å²) in [4.78, 5) is 42.0. The van der Waals surface area contributed by atoms with Gasteiger partial charge in [-0.15, -0.1) is 0 Å². The summed E-state index contributed by atoms with van der Waals surface area (Å²) >= 11 is 18.2. The maximum absolute atomic E-state index is 13.7. The molecule has 1 aliphatic rings. The number of hydrogen-bond donors (Lipinski definition) is 1. The third kappa shape index (κ3) is 7.35. The fourth-order valence-electron chi connectivity index (χ4n) is 4.44. The highest BCUT2D eigenvalue weighted by atomic mass is 35.5. The average Bonchev–Trinajstić information content (AvgIpc) is 3.17. The minimum Gasteiger partial charge on any atom is -0.494 e. The SMILES string of the molecule is CCOC(=O)c1ccc(NC(=O)C[C@H]2C(=O)N(c3ccc(OCC)cc3)C(=S)N2CCc2ccc(Cl)cc2Cl)cc1. The van der Waals surface area contributed by atoms with E-state index in [1.54, 1.807) is 72.5 Å². The first kappa shape index (κ1) is 30.3. The van der Waals surface area contributed by atoms with E-state index in [0.717, 1.165) is 5.56 Å². The van der Waals surface area contributed by atoms with E-state index in [2.05, 4.69) is 5.32 Å². The monoisotopic (exact) mass is 613 g/mol. The lowest BCUT2D eigenvalue weighted by atomic mass is 10.1.